The van der Waals surface area contributed by atoms with Crippen LogP contribution in [0.1, 0.15) is 49.9 Å². The van der Waals surface area contributed by atoms with Gasteiger partial charge in [-0.1, -0.05) is 19.4 Å². The molecule has 0 radical (unpaired) electrons. The fourth-order valence-electron chi connectivity index (χ4n) is 3.03. The summed E-state index contributed by atoms with van der Waals surface area (Å²) in [4.78, 5) is 23.2. The van der Waals surface area contributed by atoms with Gasteiger partial charge in [-0.25, -0.2) is 8.78 Å². The van der Waals surface area contributed by atoms with Gasteiger partial charge in [0.05, 0.1) is 12.2 Å². The van der Waals surface area contributed by atoms with Crippen LogP contribution in [0.2, 0.25) is 0 Å². The van der Waals surface area contributed by atoms with E-state index in [1.54, 1.807) is 6.92 Å². The molecule has 0 saturated heterocycles. The van der Waals surface area contributed by atoms with E-state index in [-0.39, 0.29) is 41.4 Å². The summed E-state index contributed by atoms with van der Waals surface area (Å²) in [7, 11) is 0. The summed E-state index contributed by atoms with van der Waals surface area (Å²) in [5.74, 6) is -3.96. The monoisotopic (exact) mass is 392 g/mol. The minimum absolute atomic E-state index is 0.0473. The normalized spacial score (nSPS) is 11.9. The van der Waals surface area contributed by atoms with Gasteiger partial charge in [0, 0.05) is 17.9 Å². The van der Waals surface area contributed by atoms with Crippen LogP contribution in [-0.2, 0) is 4.79 Å². The fraction of sp³-hybridized carbons (Fsp3) is 0.364. The van der Waals surface area contributed by atoms with Crippen LogP contribution >= 0.6 is 0 Å². The number of benzene rings is 2. The predicted molar refractivity (Wildman–Crippen MR) is 101 cm³/mol. The number of carbonyl (C=O) groups is 2. The van der Waals surface area contributed by atoms with E-state index in [1.807, 2.05) is 6.92 Å². The Morgan fingerprint density at radius 2 is 1.82 bits per heavy atom. The molecule has 1 unspecified atom stereocenters. The molecule has 28 heavy (non-hydrogen) atoms. The van der Waals surface area contributed by atoms with Gasteiger partial charge in [0.1, 0.15) is 12.1 Å². The van der Waals surface area contributed by atoms with Crippen LogP contribution in [0, 0.1) is 23.4 Å². The molecule has 0 saturated carbocycles. The number of ether oxygens (including phenoxy) is 1. The highest BCUT2D eigenvalue weighted by Gasteiger charge is 2.19. The molecular weight excluding hydrogens is 369 g/mol. The standard InChI is InChI=1S/C22H23F3O3/c1-3-5-14(13-26)6-10-19(27)17-8-7-15(12-18(17)23)16-9-11-20(28-4-2)22(25)21(16)24/h7-9,11-14H,3-6,10H2,1-2H3. The molecule has 150 valence electrons. The first-order valence-corrected chi connectivity index (χ1v) is 9.32. The Hall–Kier alpha value is -2.63. The van der Waals surface area contributed by atoms with E-state index in [9.17, 15) is 22.8 Å². The summed E-state index contributed by atoms with van der Waals surface area (Å²) >= 11 is 0. The number of hydrogen-bond acceptors (Lipinski definition) is 3. The SMILES string of the molecule is CCCC(C=O)CCC(=O)c1ccc(-c2ccc(OCC)c(F)c2F)cc1F. The third-order valence-corrected chi connectivity index (χ3v) is 4.52. The van der Waals surface area contributed by atoms with E-state index in [0.717, 1.165) is 18.8 Å². The smallest absolute Gasteiger partial charge is 0.201 e. The van der Waals surface area contributed by atoms with Crippen LogP contribution in [0.5, 0.6) is 5.75 Å². The number of carbonyl (C=O) groups excluding carboxylic acids is 2. The van der Waals surface area contributed by atoms with E-state index >= 15 is 0 Å². The first-order valence-electron chi connectivity index (χ1n) is 9.32. The number of hydrogen-bond donors (Lipinski definition) is 0. The lowest BCUT2D eigenvalue weighted by Crippen LogP contribution is -2.08. The van der Waals surface area contributed by atoms with Crippen molar-refractivity contribution >= 4 is 12.1 Å². The second kappa shape index (κ2) is 10.1. The maximum absolute atomic E-state index is 14.4. The van der Waals surface area contributed by atoms with Crippen molar-refractivity contribution < 1.29 is 27.5 Å². The molecule has 0 aliphatic carbocycles. The highest BCUT2D eigenvalue weighted by molar-refractivity contribution is 5.96. The average molecular weight is 392 g/mol. The molecule has 0 aliphatic heterocycles. The van der Waals surface area contributed by atoms with Crippen molar-refractivity contribution in [1.29, 1.82) is 0 Å². The lowest BCUT2D eigenvalue weighted by Gasteiger charge is -2.11. The molecule has 0 bridgehead atoms. The van der Waals surface area contributed by atoms with Crippen molar-refractivity contribution in [3.8, 4) is 16.9 Å². The van der Waals surface area contributed by atoms with Gasteiger partial charge < -0.3 is 9.53 Å². The Morgan fingerprint density at radius 3 is 2.43 bits per heavy atom. The topological polar surface area (TPSA) is 43.4 Å². The van der Waals surface area contributed by atoms with Crippen LogP contribution in [0.3, 0.4) is 0 Å². The lowest BCUT2D eigenvalue weighted by molar-refractivity contribution is -0.111. The zero-order chi connectivity index (χ0) is 20.7. The highest BCUT2D eigenvalue weighted by Crippen LogP contribution is 2.31. The van der Waals surface area contributed by atoms with E-state index in [2.05, 4.69) is 0 Å². The van der Waals surface area contributed by atoms with Crippen molar-refractivity contribution in [2.45, 2.75) is 39.5 Å². The van der Waals surface area contributed by atoms with Crippen molar-refractivity contribution in [2.24, 2.45) is 5.92 Å². The minimum Gasteiger partial charge on any atom is -0.491 e. The van der Waals surface area contributed by atoms with Gasteiger partial charge in [-0.15, -0.1) is 0 Å². The van der Waals surface area contributed by atoms with Gasteiger partial charge in [0.15, 0.2) is 17.3 Å². The van der Waals surface area contributed by atoms with Gasteiger partial charge in [0.25, 0.3) is 0 Å². The highest BCUT2D eigenvalue weighted by atomic mass is 19.2. The van der Waals surface area contributed by atoms with E-state index in [0.29, 0.717) is 12.8 Å². The van der Waals surface area contributed by atoms with Crippen LogP contribution in [-0.4, -0.2) is 18.7 Å². The molecule has 0 heterocycles. The minimum atomic E-state index is -1.14. The predicted octanol–water partition coefficient (Wildman–Crippen LogP) is 5.75. The summed E-state index contributed by atoms with van der Waals surface area (Å²) in [5, 5.41) is 0. The van der Waals surface area contributed by atoms with Crippen molar-refractivity contribution in [2.75, 3.05) is 6.61 Å². The molecule has 2 aromatic carbocycles. The third kappa shape index (κ3) is 5.00. The van der Waals surface area contributed by atoms with Gasteiger partial charge in [-0.05, 0) is 49.6 Å². The van der Waals surface area contributed by atoms with E-state index < -0.39 is 23.2 Å². The summed E-state index contributed by atoms with van der Waals surface area (Å²) in [6, 6.07) is 6.23. The lowest BCUT2D eigenvalue weighted by atomic mass is 9.95. The summed E-state index contributed by atoms with van der Waals surface area (Å²) in [6.45, 7) is 3.78. The first kappa shape index (κ1) is 21.7. The molecule has 0 spiro atoms. The molecular formula is C22H23F3O3. The second-order valence-corrected chi connectivity index (χ2v) is 6.51. The molecule has 2 aromatic rings. The molecule has 0 aromatic heterocycles. The molecule has 1 atom stereocenters. The number of Topliss-reactive ketones (excluding diaryl/α,β-unsaturated/α-hetero) is 1. The van der Waals surface area contributed by atoms with Crippen LogP contribution < -0.4 is 4.74 Å². The van der Waals surface area contributed by atoms with E-state index in [1.165, 1.54) is 24.3 Å². The Kier molecular flexibility index (Phi) is 7.79. The molecule has 0 amide bonds. The Balaban J connectivity index is 2.21. The molecule has 0 fully saturated rings. The quantitative estimate of drug-likeness (QED) is 0.382. The number of halogens is 3. The largest absolute Gasteiger partial charge is 0.491 e. The Bertz CT molecular complexity index is 849. The molecule has 0 aliphatic rings. The van der Waals surface area contributed by atoms with Crippen LogP contribution in [0.15, 0.2) is 30.3 Å². The maximum Gasteiger partial charge on any atom is 0.201 e. The number of ketones is 1. The van der Waals surface area contributed by atoms with Crippen molar-refractivity contribution in [3.63, 3.8) is 0 Å². The zero-order valence-electron chi connectivity index (χ0n) is 15.9. The molecule has 3 nitrogen and oxygen atoms in total. The zero-order valence-corrected chi connectivity index (χ0v) is 15.9. The van der Waals surface area contributed by atoms with E-state index in [4.69, 9.17) is 4.74 Å². The van der Waals surface area contributed by atoms with Gasteiger partial charge >= 0.3 is 0 Å². The maximum atomic E-state index is 14.4. The summed E-state index contributed by atoms with van der Waals surface area (Å²) in [6.07, 6.45) is 2.73. The first-order chi connectivity index (χ1) is 13.4. The second-order valence-electron chi connectivity index (χ2n) is 6.51. The van der Waals surface area contributed by atoms with Crippen molar-refractivity contribution in [3.05, 3.63) is 53.3 Å². The Labute approximate surface area is 162 Å². The molecule has 6 heteroatoms. The molecule has 0 N–H and O–H groups in total. The Morgan fingerprint density at radius 1 is 1.07 bits per heavy atom. The average Bonchev–Trinajstić information content (AvgIpc) is 2.68. The summed E-state index contributed by atoms with van der Waals surface area (Å²) < 4.78 is 47.8. The van der Waals surface area contributed by atoms with Gasteiger partial charge in [-0.2, -0.15) is 4.39 Å². The molecule has 2 rings (SSSR count). The fourth-order valence-corrected chi connectivity index (χ4v) is 3.03. The third-order valence-electron chi connectivity index (χ3n) is 4.52. The number of rotatable bonds is 10. The van der Waals surface area contributed by atoms with Crippen LogP contribution in [0.25, 0.3) is 11.1 Å². The van der Waals surface area contributed by atoms with Gasteiger partial charge in [0.2, 0.25) is 5.82 Å². The van der Waals surface area contributed by atoms with Crippen molar-refractivity contribution in [1.82, 2.24) is 0 Å². The summed E-state index contributed by atoms with van der Waals surface area (Å²) in [5.41, 5.74) is -0.134. The number of aldehydes is 1. The van der Waals surface area contributed by atoms with Crippen LogP contribution in [0.4, 0.5) is 13.2 Å². The van der Waals surface area contributed by atoms with Gasteiger partial charge in [-0.3, -0.25) is 4.79 Å².